The van der Waals surface area contributed by atoms with Gasteiger partial charge < -0.3 is 10.2 Å². The van der Waals surface area contributed by atoms with Gasteiger partial charge in [-0.1, -0.05) is 0 Å². The molecule has 0 atom stereocenters. The Kier molecular flexibility index (Phi) is 10.0. The third kappa shape index (κ3) is 10.4. The van der Waals surface area contributed by atoms with Gasteiger partial charge in [-0.25, -0.2) is 4.89 Å². The maximum absolute atomic E-state index is 10.4. The molecule has 0 saturated heterocycles. The van der Waals surface area contributed by atoms with Crippen molar-refractivity contribution in [3.05, 3.63) is 0 Å². The lowest BCUT2D eigenvalue weighted by Gasteiger charge is -2.13. The summed E-state index contributed by atoms with van der Waals surface area (Å²) in [5.74, 6) is -1.57. The van der Waals surface area contributed by atoms with Crippen LogP contribution in [0, 0.1) is 0 Å². The molecule has 0 fully saturated rings. The van der Waals surface area contributed by atoms with E-state index in [1.807, 2.05) is 0 Å². The molecule has 6 nitrogen and oxygen atoms in total. The molecular formula is C7H12O6S3. The molecule has 0 heterocycles. The molecule has 0 aliphatic carbocycles. The van der Waals surface area contributed by atoms with Crippen molar-refractivity contribution in [2.75, 3.05) is 23.9 Å². The number of rotatable bonds is 10. The van der Waals surface area contributed by atoms with E-state index in [2.05, 4.69) is 4.89 Å². The van der Waals surface area contributed by atoms with Gasteiger partial charge in [0.05, 0.1) is 22.0 Å². The van der Waals surface area contributed by atoms with Crippen molar-refractivity contribution < 1.29 is 29.9 Å². The summed E-state index contributed by atoms with van der Waals surface area (Å²) in [6.07, 6.45) is 0. The van der Waals surface area contributed by atoms with Crippen LogP contribution in [0.2, 0.25) is 0 Å². The number of hydrogen-bond donors (Lipinski definition) is 3. The molecule has 0 rings (SSSR count). The maximum atomic E-state index is 10.4. The average Bonchev–Trinajstić information content (AvgIpc) is 2.21. The van der Waals surface area contributed by atoms with Gasteiger partial charge in [-0.15, -0.1) is 35.3 Å². The van der Waals surface area contributed by atoms with E-state index in [0.717, 1.165) is 23.5 Å². The van der Waals surface area contributed by atoms with E-state index in [4.69, 9.17) is 15.5 Å². The highest BCUT2D eigenvalue weighted by molar-refractivity contribution is 8.32. The monoisotopic (exact) mass is 288 g/mol. The number of carboxylic acid groups (broad SMARTS) is 2. The molecule has 0 saturated carbocycles. The number of aliphatic carboxylic acids is 2. The molecule has 0 aromatic heterocycles. The minimum Gasteiger partial charge on any atom is -0.481 e. The second kappa shape index (κ2) is 10.1. The molecule has 16 heavy (non-hydrogen) atoms. The fourth-order valence-electron chi connectivity index (χ4n) is 0.605. The predicted molar refractivity (Wildman–Crippen MR) is 65.0 cm³/mol. The fraction of sp³-hybridized carbons (Fsp3) is 0.714. The van der Waals surface area contributed by atoms with Gasteiger partial charge in [0.1, 0.15) is 0 Å². The van der Waals surface area contributed by atoms with Crippen LogP contribution >= 0.6 is 35.3 Å². The molecule has 0 unspecified atom stereocenters. The van der Waals surface area contributed by atoms with Crippen molar-refractivity contribution in [1.29, 1.82) is 0 Å². The lowest BCUT2D eigenvalue weighted by molar-refractivity contribution is -0.236. The van der Waals surface area contributed by atoms with Gasteiger partial charge in [0.2, 0.25) is 0 Å². The second-order valence-corrected chi connectivity index (χ2v) is 6.70. The first kappa shape index (κ1) is 15.9. The first-order valence-electron chi connectivity index (χ1n) is 4.11. The van der Waals surface area contributed by atoms with Crippen LogP contribution in [0.5, 0.6) is 0 Å². The topological polar surface area (TPSA) is 104 Å². The highest BCUT2D eigenvalue weighted by atomic mass is 32.3. The first-order valence-corrected chi connectivity index (χ1v) is 7.25. The number of thioether (sulfide) groups is 3. The Morgan fingerprint density at radius 1 is 1.06 bits per heavy atom. The van der Waals surface area contributed by atoms with Gasteiger partial charge in [-0.2, -0.15) is 0 Å². The Morgan fingerprint density at radius 2 is 1.56 bits per heavy atom. The summed E-state index contributed by atoms with van der Waals surface area (Å²) < 4.78 is -0.192. The Labute approximate surface area is 105 Å². The number of carbonyl (C=O) groups is 2. The summed E-state index contributed by atoms with van der Waals surface area (Å²) in [5, 5.41) is 25.1. The van der Waals surface area contributed by atoms with Crippen LogP contribution in [0.25, 0.3) is 0 Å². The van der Waals surface area contributed by atoms with Crippen LogP contribution < -0.4 is 0 Å². The van der Waals surface area contributed by atoms with E-state index in [1.165, 1.54) is 11.8 Å². The van der Waals surface area contributed by atoms with E-state index >= 15 is 0 Å². The van der Waals surface area contributed by atoms with Crippen molar-refractivity contribution in [2.45, 2.75) is 3.91 Å². The zero-order chi connectivity index (χ0) is 12.4. The summed E-state index contributed by atoms with van der Waals surface area (Å²) >= 11 is 3.64. The highest BCUT2D eigenvalue weighted by Crippen LogP contribution is 2.33. The molecule has 3 N–H and O–H groups in total. The standard InChI is InChI=1S/C7H12O6S3/c8-5(9)3-15-7(14-2-1-13-12)16-4-6(10)11/h7,12H,1-4H2,(H,8,9)(H,10,11). The summed E-state index contributed by atoms with van der Waals surface area (Å²) in [6, 6.07) is 0. The van der Waals surface area contributed by atoms with Crippen LogP contribution in [0.3, 0.4) is 0 Å². The number of hydrogen-bond acceptors (Lipinski definition) is 7. The average molecular weight is 288 g/mol. The summed E-state index contributed by atoms with van der Waals surface area (Å²) in [7, 11) is 0. The van der Waals surface area contributed by atoms with Crippen LogP contribution in [0.4, 0.5) is 0 Å². The van der Waals surface area contributed by atoms with Crippen molar-refractivity contribution in [3.63, 3.8) is 0 Å². The Morgan fingerprint density at radius 3 is 1.94 bits per heavy atom. The Balaban J connectivity index is 3.84. The number of carboxylic acids is 2. The molecule has 0 spiro atoms. The van der Waals surface area contributed by atoms with Crippen LogP contribution in [-0.4, -0.2) is 55.2 Å². The van der Waals surface area contributed by atoms with Crippen molar-refractivity contribution in [2.24, 2.45) is 0 Å². The SMILES string of the molecule is O=C(O)CSC(SCCOO)SCC(=O)O. The largest absolute Gasteiger partial charge is 0.481 e. The van der Waals surface area contributed by atoms with E-state index in [9.17, 15) is 9.59 Å². The summed E-state index contributed by atoms with van der Waals surface area (Å²) in [5.41, 5.74) is 0. The minimum atomic E-state index is -0.940. The molecule has 0 aliphatic heterocycles. The summed E-state index contributed by atoms with van der Waals surface area (Å²) in [4.78, 5) is 24.6. The third-order valence-electron chi connectivity index (χ3n) is 1.11. The molecule has 94 valence electrons. The molecule has 0 aromatic carbocycles. The smallest absolute Gasteiger partial charge is 0.313 e. The lowest BCUT2D eigenvalue weighted by atomic mass is 10.8. The van der Waals surface area contributed by atoms with Gasteiger partial charge in [-0.05, 0) is 0 Å². The molecule has 9 heteroatoms. The highest BCUT2D eigenvalue weighted by Gasteiger charge is 2.14. The fourth-order valence-corrected chi connectivity index (χ4v) is 4.07. The van der Waals surface area contributed by atoms with Gasteiger partial charge in [-0.3, -0.25) is 14.8 Å². The molecule has 0 bridgehead atoms. The quantitative estimate of drug-likeness (QED) is 0.236. The van der Waals surface area contributed by atoms with E-state index in [-0.39, 0.29) is 22.0 Å². The third-order valence-corrected chi connectivity index (χ3v) is 5.61. The van der Waals surface area contributed by atoms with E-state index in [1.54, 1.807) is 0 Å². The summed E-state index contributed by atoms with van der Waals surface area (Å²) in [6.45, 7) is 0.127. The first-order chi connectivity index (χ1) is 7.56. The van der Waals surface area contributed by atoms with E-state index < -0.39 is 11.9 Å². The van der Waals surface area contributed by atoms with Crippen molar-refractivity contribution >= 4 is 47.2 Å². The van der Waals surface area contributed by atoms with E-state index in [0.29, 0.717) is 5.75 Å². The van der Waals surface area contributed by atoms with Crippen molar-refractivity contribution in [3.8, 4) is 0 Å². The zero-order valence-corrected chi connectivity index (χ0v) is 10.6. The second-order valence-electron chi connectivity index (χ2n) is 2.40. The lowest BCUT2D eigenvalue weighted by Crippen LogP contribution is -2.07. The normalized spacial score (nSPS) is 10.6. The van der Waals surface area contributed by atoms with Crippen LogP contribution in [-0.2, 0) is 14.5 Å². The molecular weight excluding hydrogens is 276 g/mol. The predicted octanol–water partition coefficient (Wildman–Crippen LogP) is 1.13. The Bertz CT molecular complexity index is 206. The van der Waals surface area contributed by atoms with Crippen LogP contribution in [0.1, 0.15) is 0 Å². The Hall–Kier alpha value is -0.0900. The molecule has 0 aliphatic rings. The van der Waals surface area contributed by atoms with Crippen molar-refractivity contribution in [1.82, 2.24) is 0 Å². The molecule has 0 radical (unpaired) electrons. The molecule has 0 aromatic rings. The van der Waals surface area contributed by atoms with Crippen LogP contribution in [0.15, 0.2) is 0 Å². The maximum Gasteiger partial charge on any atom is 0.313 e. The van der Waals surface area contributed by atoms with Gasteiger partial charge in [0, 0.05) is 5.75 Å². The zero-order valence-electron chi connectivity index (χ0n) is 8.20. The van der Waals surface area contributed by atoms with Gasteiger partial charge in [0.15, 0.2) is 0 Å². The van der Waals surface area contributed by atoms with Gasteiger partial charge in [0.25, 0.3) is 0 Å². The minimum absolute atomic E-state index is 0.0791. The molecule has 0 amide bonds. The van der Waals surface area contributed by atoms with Gasteiger partial charge >= 0.3 is 11.9 Å².